The van der Waals surface area contributed by atoms with Crippen molar-refractivity contribution in [1.82, 2.24) is 9.80 Å². The van der Waals surface area contributed by atoms with Gasteiger partial charge in [-0.2, -0.15) is 0 Å². The summed E-state index contributed by atoms with van der Waals surface area (Å²) >= 11 is 0. The van der Waals surface area contributed by atoms with Crippen LogP contribution in [0, 0.1) is 0 Å². The van der Waals surface area contributed by atoms with E-state index in [0.717, 1.165) is 13.1 Å². The maximum absolute atomic E-state index is 12.0. The summed E-state index contributed by atoms with van der Waals surface area (Å²) in [7, 11) is 0. The van der Waals surface area contributed by atoms with Crippen molar-refractivity contribution in [1.29, 1.82) is 0 Å². The number of phenols is 1. The number of nitrogens with one attached hydrogen (secondary N) is 1. The van der Waals surface area contributed by atoms with Crippen LogP contribution >= 0.6 is 0 Å². The second-order valence-electron chi connectivity index (χ2n) is 4.53. The van der Waals surface area contributed by atoms with Gasteiger partial charge in [0.2, 0.25) is 0 Å². The average molecular weight is 265 g/mol. The maximum atomic E-state index is 12.0. The number of phenolic OH excluding ortho intramolecular Hbond substituents is 1. The average Bonchev–Trinajstić information content (AvgIpc) is 2.40. The molecule has 0 saturated carbocycles. The predicted octanol–water partition coefficient (Wildman–Crippen LogP) is 0.534. The Bertz CT molecular complexity index is 431. The number of aliphatic hydroxyl groups excluding tert-OH is 1. The molecule has 1 aliphatic heterocycles. The molecule has 0 aromatic heterocycles. The molecule has 3 N–H and O–H groups in total. The standard InChI is InChI=1S/C13H19N3O3/c17-9-8-15-4-6-16(7-5-15)13(19)14-11-2-1-3-12(18)10-11/h1-3,10,17-18H,4-9H2,(H,14,19). The van der Waals surface area contributed by atoms with Gasteiger partial charge in [-0.05, 0) is 12.1 Å². The summed E-state index contributed by atoms with van der Waals surface area (Å²) in [4.78, 5) is 15.9. The van der Waals surface area contributed by atoms with E-state index in [2.05, 4.69) is 10.2 Å². The molecule has 0 aliphatic carbocycles. The lowest BCUT2D eigenvalue weighted by atomic mass is 10.3. The lowest BCUT2D eigenvalue weighted by molar-refractivity contribution is 0.127. The highest BCUT2D eigenvalue weighted by Crippen LogP contribution is 2.16. The van der Waals surface area contributed by atoms with E-state index in [9.17, 15) is 9.90 Å². The fourth-order valence-corrected chi connectivity index (χ4v) is 2.10. The summed E-state index contributed by atoms with van der Waals surface area (Å²) < 4.78 is 0. The molecule has 1 aromatic rings. The number of piperazine rings is 1. The zero-order chi connectivity index (χ0) is 13.7. The quantitative estimate of drug-likeness (QED) is 0.745. The van der Waals surface area contributed by atoms with Gasteiger partial charge < -0.3 is 20.4 Å². The van der Waals surface area contributed by atoms with Crippen LogP contribution in [-0.2, 0) is 0 Å². The van der Waals surface area contributed by atoms with Gasteiger partial charge in [-0.15, -0.1) is 0 Å². The van der Waals surface area contributed by atoms with E-state index in [1.165, 1.54) is 6.07 Å². The van der Waals surface area contributed by atoms with Crippen molar-refractivity contribution in [2.75, 3.05) is 44.6 Å². The van der Waals surface area contributed by atoms with E-state index in [0.29, 0.717) is 25.3 Å². The van der Waals surface area contributed by atoms with Gasteiger partial charge in [-0.3, -0.25) is 4.90 Å². The summed E-state index contributed by atoms with van der Waals surface area (Å²) in [6.07, 6.45) is 0. The smallest absolute Gasteiger partial charge is 0.321 e. The minimum atomic E-state index is -0.158. The number of rotatable bonds is 3. The molecule has 1 fully saturated rings. The second kappa shape index (κ2) is 6.40. The molecule has 2 amide bonds. The van der Waals surface area contributed by atoms with Crippen molar-refractivity contribution in [3.05, 3.63) is 24.3 Å². The fourth-order valence-electron chi connectivity index (χ4n) is 2.10. The topological polar surface area (TPSA) is 76.0 Å². The number of amides is 2. The third kappa shape index (κ3) is 3.84. The van der Waals surface area contributed by atoms with Gasteiger partial charge in [0, 0.05) is 44.5 Å². The Morgan fingerprint density at radius 2 is 2.00 bits per heavy atom. The Morgan fingerprint density at radius 1 is 1.26 bits per heavy atom. The molecule has 1 heterocycles. The monoisotopic (exact) mass is 265 g/mol. The molecule has 0 unspecified atom stereocenters. The highest BCUT2D eigenvalue weighted by atomic mass is 16.3. The molecule has 6 nitrogen and oxygen atoms in total. The van der Waals surface area contributed by atoms with Crippen molar-refractivity contribution in [3.8, 4) is 5.75 Å². The Hall–Kier alpha value is -1.79. The second-order valence-corrected chi connectivity index (χ2v) is 4.53. The third-order valence-electron chi connectivity index (χ3n) is 3.17. The van der Waals surface area contributed by atoms with Crippen LogP contribution in [0.1, 0.15) is 0 Å². The molecule has 1 saturated heterocycles. The molecule has 0 radical (unpaired) electrons. The van der Waals surface area contributed by atoms with Crippen LogP contribution in [0.2, 0.25) is 0 Å². The summed E-state index contributed by atoms with van der Waals surface area (Å²) in [5, 5.41) is 20.9. The number of carbonyl (C=O) groups excluding carboxylic acids is 1. The summed E-state index contributed by atoms with van der Waals surface area (Å²) in [6.45, 7) is 3.63. The zero-order valence-electron chi connectivity index (χ0n) is 10.7. The third-order valence-corrected chi connectivity index (χ3v) is 3.17. The summed E-state index contributed by atoms with van der Waals surface area (Å²) in [6, 6.07) is 6.33. The van der Waals surface area contributed by atoms with Crippen molar-refractivity contribution < 1.29 is 15.0 Å². The summed E-state index contributed by atoms with van der Waals surface area (Å²) in [5.41, 5.74) is 0.586. The lowest BCUT2D eigenvalue weighted by Gasteiger charge is -2.34. The SMILES string of the molecule is O=C(Nc1cccc(O)c1)N1CCN(CCO)CC1. The molecule has 1 aliphatic rings. The van der Waals surface area contributed by atoms with Crippen molar-refractivity contribution in [2.45, 2.75) is 0 Å². The Morgan fingerprint density at radius 3 is 2.63 bits per heavy atom. The van der Waals surface area contributed by atoms with Crippen LogP contribution in [0.5, 0.6) is 5.75 Å². The first-order valence-electron chi connectivity index (χ1n) is 6.37. The van der Waals surface area contributed by atoms with Crippen molar-refractivity contribution in [3.63, 3.8) is 0 Å². The van der Waals surface area contributed by atoms with Gasteiger partial charge in [0.05, 0.1) is 6.61 Å². The number of aliphatic hydroxyl groups is 1. The number of carbonyl (C=O) groups is 1. The number of hydrogen-bond acceptors (Lipinski definition) is 4. The number of nitrogens with zero attached hydrogens (tertiary/aromatic N) is 2. The number of hydrogen-bond donors (Lipinski definition) is 3. The molecule has 0 atom stereocenters. The Balaban J connectivity index is 1.84. The van der Waals surface area contributed by atoms with E-state index >= 15 is 0 Å². The van der Waals surface area contributed by atoms with E-state index < -0.39 is 0 Å². The highest BCUT2D eigenvalue weighted by Gasteiger charge is 2.20. The number of aromatic hydroxyl groups is 1. The minimum absolute atomic E-state index is 0.130. The molecule has 6 heteroatoms. The van der Waals surface area contributed by atoms with Crippen LogP contribution in [0.3, 0.4) is 0 Å². The number of benzene rings is 1. The van der Waals surface area contributed by atoms with Gasteiger partial charge in [0.15, 0.2) is 0 Å². The van der Waals surface area contributed by atoms with Gasteiger partial charge >= 0.3 is 6.03 Å². The fraction of sp³-hybridized carbons (Fsp3) is 0.462. The molecule has 1 aromatic carbocycles. The normalized spacial score (nSPS) is 16.4. The number of β-amino-alcohol motifs (C(OH)–C–C–N with tert-alkyl or cyclic N) is 1. The maximum Gasteiger partial charge on any atom is 0.321 e. The van der Waals surface area contributed by atoms with Crippen LogP contribution in [0.15, 0.2) is 24.3 Å². The molecular formula is C13H19N3O3. The van der Waals surface area contributed by atoms with Gasteiger partial charge in [-0.25, -0.2) is 4.79 Å². The minimum Gasteiger partial charge on any atom is -0.508 e. The molecule has 104 valence electrons. The Kier molecular flexibility index (Phi) is 4.59. The lowest BCUT2D eigenvalue weighted by Crippen LogP contribution is -2.50. The van der Waals surface area contributed by atoms with Gasteiger partial charge in [-0.1, -0.05) is 6.07 Å². The van der Waals surface area contributed by atoms with E-state index in [4.69, 9.17) is 5.11 Å². The summed E-state index contributed by atoms with van der Waals surface area (Å²) in [5.74, 6) is 0.130. The van der Waals surface area contributed by atoms with Crippen LogP contribution in [0.4, 0.5) is 10.5 Å². The molecular weight excluding hydrogens is 246 g/mol. The molecule has 0 bridgehead atoms. The van der Waals surface area contributed by atoms with Crippen LogP contribution < -0.4 is 5.32 Å². The van der Waals surface area contributed by atoms with Gasteiger partial charge in [0.1, 0.15) is 5.75 Å². The van der Waals surface area contributed by atoms with E-state index in [1.807, 2.05) is 0 Å². The van der Waals surface area contributed by atoms with Gasteiger partial charge in [0.25, 0.3) is 0 Å². The molecule has 2 rings (SSSR count). The van der Waals surface area contributed by atoms with Crippen LogP contribution in [0.25, 0.3) is 0 Å². The molecule has 19 heavy (non-hydrogen) atoms. The van der Waals surface area contributed by atoms with Crippen LogP contribution in [-0.4, -0.2) is 65.4 Å². The zero-order valence-corrected chi connectivity index (χ0v) is 10.7. The van der Waals surface area contributed by atoms with E-state index in [1.54, 1.807) is 23.1 Å². The Labute approximate surface area is 112 Å². The largest absolute Gasteiger partial charge is 0.508 e. The predicted molar refractivity (Wildman–Crippen MR) is 72.2 cm³/mol. The first kappa shape index (κ1) is 13.6. The number of urea groups is 1. The number of anilines is 1. The van der Waals surface area contributed by atoms with Crippen molar-refractivity contribution in [2.24, 2.45) is 0 Å². The van der Waals surface area contributed by atoms with E-state index in [-0.39, 0.29) is 18.4 Å². The molecule has 0 spiro atoms. The first-order valence-corrected chi connectivity index (χ1v) is 6.37. The first-order chi connectivity index (χ1) is 9.19. The highest BCUT2D eigenvalue weighted by molar-refractivity contribution is 5.89. The van der Waals surface area contributed by atoms with Crippen molar-refractivity contribution >= 4 is 11.7 Å².